The number of aryl methyl sites for hydroxylation is 1. The Morgan fingerprint density at radius 1 is 1.13 bits per heavy atom. The predicted molar refractivity (Wildman–Crippen MR) is 117 cm³/mol. The molecule has 0 bridgehead atoms. The van der Waals surface area contributed by atoms with Crippen LogP contribution in [0.25, 0.3) is 5.69 Å². The van der Waals surface area contributed by atoms with Gasteiger partial charge in [-0.3, -0.25) is 4.79 Å². The molecule has 7 nitrogen and oxygen atoms in total. The fraction of sp³-hybridized carbons (Fsp3) is 0.217. The van der Waals surface area contributed by atoms with Gasteiger partial charge in [-0.25, -0.2) is 0 Å². The zero-order valence-corrected chi connectivity index (χ0v) is 17.6. The minimum absolute atomic E-state index is 0.0153. The highest BCUT2D eigenvalue weighted by molar-refractivity contribution is 7.98. The lowest BCUT2D eigenvalue weighted by molar-refractivity contribution is 0.0929. The van der Waals surface area contributed by atoms with Gasteiger partial charge in [0.05, 0.1) is 29.3 Å². The number of nitrogens with one attached hydrogen (secondary N) is 1. The Hall–Kier alpha value is -3.39. The molecule has 156 valence electrons. The van der Waals surface area contributed by atoms with Gasteiger partial charge in [0.15, 0.2) is 5.82 Å². The zero-order chi connectivity index (χ0) is 21.0. The number of fused-ring (bicyclic) bond motifs is 1. The number of benzene rings is 2. The van der Waals surface area contributed by atoms with E-state index in [1.807, 2.05) is 60.7 Å². The lowest BCUT2D eigenvalue weighted by Gasteiger charge is -2.23. The van der Waals surface area contributed by atoms with Gasteiger partial charge in [-0.15, -0.1) is 16.9 Å². The van der Waals surface area contributed by atoms with E-state index in [0.29, 0.717) is 11.3 Å². The van der Waals surface area contributed by atoms with Gasteiger partial charge in [0.1, 0.15) is 5.76 Å². The van der Waals surface area contributed by atoms with Gasteiger partial charge in [0.25, 0.3) is 5.91 Å². The van der Waals surface area contributed by atoms with Gasteiger partial charge in [-0.05, 0) is 53.6 Å². The van der Waals surface area contributed by atoms with Crippen molar-refractivity contribution in [1.29, 1.82) is 0 Å². The number of para-hydroxylation sites is 1. The molecule has 1 N–H and O–H groups in total. The van der Waals surface area contributed by atoms with Crippen LogP contribution in [0, 0.1) is 0 Å². The SMILES string of the molecule is O=C(NC1CCCc2occc21)c1ccccc1SCc1nnnn1-c1ccccc1. The van der Waals surface area contributed by atoms with Crippen molar-refractivity contribution in [1.82, 2.24) is 25.5 Å². The van der Waals surface area contributed by atoms with Crippen LogP contribution in [0.2, 0.25) is 0 Å². The summed E-state index contributed by atoms with van der Waals surface area (Å²) < 4.78 is 7.27. The predicted octanol–water partition coefficient (Wildman–Crippen LogP) is 4.36. The standard InChI is InChI=1S/C23H21N5O2S/c29-23(24-19-10-6-11-20-17(19)13-14-30-20)18-9-4-5-12-21(18)31-15-22-25-26-27-28(22)16-7-2-1-3-8-16/h1-5,7-9,12-14,19H,6,10-11,15H2,(H,24,29). The van der Waals surface area contributed by atoms with Crippen molar-refractivity contribution in [3.05, 3.63) is 89.6 Å². The summed E-state index contributed by atoms with van der Waals surface area (Å²) in [7, 11) is 0. The third-order valence-corrected chi connectivity index (χ3v) is 6.45. The highest BCUT2D eigenvalue weighted by atomic mass is 32.2. The maximum absolute atomic E-state index is 13.1. The molecule has 4 aromatic rings. The molecule has 31 heavy (non-hydrogen) atoms. The molecule has 8 heteroatoms. The molecule has 5 rings (SSSR count). The van der Waals surface area contributed by atoms with Crippen LogP contribution in [-0.2, 0) is 12.2 Å². The Bertz CT molecular complexity index is 1190. The quantitative estimate of drug-likeness (QED) is 0.457. The summed E-state index contributed by atoms with van der Waals surface area (Å²) in [5.74, 6) is 2.17. The number of tetrazole rings is 1. The van der Waals surface area contributed by atoms with Crippen molar-refractivity contribution < 1.29 is 9.21 Å². The van der Waals surface area contributed by atoms with Crippen LogP contribution >= 0.6 is 11.8 Å². The van der Waals surface area contributed by atoms with Crippen LogP contribution < -0.4 is 5.32 Å². The van der Waals surface area contributed by atoms with Crippen molar-refractivity contribution in [2.75, 3.05) is 0 Å². The third-order valence-electron chi connectivity index (χ3n) is 5.38. The van der Waals surface area contributed by atoms with E-state index in [1.165, 1.54) is 0 Å². The van der Waals surface area contributed by atoms with E-state index >= 15 is 0 Å². The number of hydrogen-bond donors (Lipinski definition) is 1. The van der Waals surface area contributed by atoms with E-state index in [-0.39, 0.29) is 11.9 Å². The zero-order valence-electron chi connectivity index (χ0n) is 16.8. The molecule has 0 radical (unpaired) electrons. The van der Waals surface area contributed by atoms with Gasteiger partial charge < -0.3 is 9.73 Å². The van der Waals surface area contributed by atoms with Crippen molar-refractivity contribution >= 4 is 17.7 Å². The van der Waals surface area contributed by atoms with Gasteiger partial charge in [0, 0.05) is 16.9 Å². The maximum Gasteiger partial charge on any atom is 0.252 e. The average molecular weight is 432 g/mol. The van der Waals surface area contributed by atoms with E-state index in [4.69, 9.17) is 4.42 Å². The molecular formula is C23H21N5O2S. The number of aromatic nitrogens is 4. The second-order valence-electron chi connectivity index (χ2n) is 7.34. The first-order chi connectivity index (χ1) is 15.3. The number of thioether (sulfide) groups is 1. The van der Waals surface area contributed by atoms with Crippen LogP contribution in [0.1, 0.15) is 46.4 Å². The number of furan rings is 1. The molecule has 1 aliphatic carbocycles. The number of carbonyl (C=O) groups excluding carboxylic acids is 1. The number of amides is 1. The minimum atomic E-state index is -0.0789. The topological polar surface area (TPSA) is 85.8 Å². The Balaban J connectivity index is 1.32. The Morgan fingerprint density at radius 2 is 1.97 bits per heavy atom. The molecule has 0 saturated carbocycles. The Morgan fingerprint density at radius 3 is 2.87 bits per heavy atom. The highest BCUT2D eigenvalue weighted by Gasteiger charge is 2.25. The monoisotopic (exact) mass is 431 g/mol. The second-order valence-corrected chi connectivity index (χ2v) is 8.36. The van der Waals surface area contributed by atoms with E-state index in [0.717, 1.165) is 47.0 Å². The fourth-order valence-corrected chi connectivity index (χ4v) is 4.82. The lowest BCUT2D eigenvalue weighted by atomic mass is 9.93. The molecule has 0 saturated heterocycles. The number of nitrogens with zero attached hydrogens (tertiary/aromatic N) is 4. The molecule has 0 fully saturated rings. The van der Waals surface area contributed by atoms with Crippen molar-refractivity contribution in [3.63, 3.8) is 0 Å². The largest absolute Gasteiger partial charge is 0.469 e. The van der Waals surface area contributed by atoms with Gasteiger partial charge in [-0.1, -0.05) is 30.3 Å². The van der Waals surface area contributed by atoms with Crippen LogP contribution in [0.3, 0.4) is 0 Å². The minimum Gasteiger partial charge on any atom is -0.469 e. The lowest BCUT2D eigenvalue weighted by Crippen LogP contribution is -2.30. The van der Waals surface area contributed by atoms with Gasteiger partial charge >= 0.3 is 0 Å². The Kier molecular flexibility index (Phi) is 5.54. The maximum atomic E-state index is 13.1. The molecule has 0 spiro atoms. The number of carbonyl (C=O) groups is 1. The van der Waals surface area contributed by atoms with Crippen molar-refractivity contribution in [2.45, 2.75) is 36.0 Å². The van der Waals surface area contributed by atoms with Crippen molar-refractivity contribution in [2.24, 2.45) is 0 Å². The first-order valence-electron chi connectivity index (χ1n) is 10.2. The summed E-state index contributed by atoms with van der Waals surface area (Å²) >= 11 is 1.55. The molecule has 2 heterocycles. The van der Waals surface area contributed by atoms with Gasteiger partial charge in [-0.2, -0.15) is 4.68 Å². The smallest absolute Gasteiger partial charge is 0.252 e. The summed E-state index contributed by atoms with van der Waals surface area (Å²) in [5.41, 5.74) is 2.65. The molecule has 2 aromatic heterocycles. The summed E-state index contributed by atoms with van der Waals surface area (Å²) in [6.07, 6.45) is 4.55. The van der Waals surface area contributed by atoms with E-state index in [1.54, 1.807) is 22.7 Å². The van der Waals surface area contributed by atoms with E-state index < -0.39 is 0 Å². The number of hydrogen-bond acceptors (Lipinski definition) is 6. The summed E-state index contributed by atoms with van der Waals surface area (Å²) in [4.78, 5) is 14.0. The van der Waals surface area contributed by atoms with E-state index in [2.05, 4.69) is 20.8 Å². The van der Waals surface area contributed by atoms with Gasteiger partial charge in [0.2, 0.25) is 0 Å². The molecular weight excluding hydrogens is 410 g/mol. The highest BCUT2D eigenvalue weighted by Crippen LogP contribution is 2.32. The molecule has 2 aromatic carbocycles. The molecule has 1 amide bonds. The normalized spacial score (nSPS) is 15.4. The summed E-state index contributed by atoms with van der Waals surface area (Å²) in [6.45, 7) is 0. The Labute approximate surface area is 183 Å². The average Bonchev–Trinajstić information content (AvgIpc) is 3.48. The summed E-state index contributed by atoms with van der Waals surface area (Å²) in [5, 5.41) is 15.3. The van der Waals surface area contributed by atoms with E-state index in [9.17, 15) is 4.79 Å². The molecule has 1 aliphatic rings. The first kappa shape index (κ1) is 19.6. The molecule has 1 atom stereocenters. The fourth-order valence-electron chi connectivity index (χ4n) is 3.86. The second kappa shape index (κ2) is 8.77. The third kappa shape index (κ3) is 4.11. The molecule has 0 aliphatic heterocycles. The van der Waals surface area contributed by atoms with Crippen molar-refractivity contribution in [3.8, 4) is 5.69 Å². The number of rotatable bonds is 6. The van der Waals surface area contributed by atoms with Crippen LogP contribution in [-0.4, -0.2) is 26.1 Å². The van der Waals surface area contributed by atoms with Crippen LogP contribution in [0.15, 0.2) is 76.2 Å². The summed E-state index contributed by atoms with van der Waals surface area (Å²) in [6, 6.07) is 19.4. The first-order valence-corrected chi connectivity index (χ1v) is 11.2. The van der Waals surface area contributed by atoms with Crippen LogP contribution in [0.5, 0.6) is 0 Å². The van der Waals surface area contributed by atoms with Crippen LogP contribution in [0.4, 0.5) is 0 Å². The molecule has 1 unspecified atom stereocenters.